The van der Waals surface area contributed by atoms with Gasteiger partial charge in [0.2, 0.25) is 0 Å². The van der Waals surface area contributed by atoms with Crippen molar-refractivity contribution in [3.63, 3.8) is 0 Å². The number of rotatable bonds is 1. The predicted molar refractivity (Wildman–Crippen MR) is 32.6 cm³/mol. The summed E-state index contributed by atoms with van der Waals surface area (Å²) in [7, 11) is 1.38. The molecule has 0 heterocycles. The lowest BCUT2D eigenvalue weighted by Crippen LogP contribution is -1.95. The zero-order valence-electron chi connectivity index (χ0n) is 4.40. The van der Waals surface area contributed by atoms with E-state index in [1.54, 1.807) is 0 Å². The van der Waals surface area contributed by atoms with Crippen LogP contribution in [0.4, 0.5) is 0 Å². The van der Waals surface area contributed by atoms with Gasteiger partial charge in [0.05, 0.1) is 12.7 Å². The third-order valence-corrected chi connectivity index (χ3v) is 1.73. The van der Waals surface area contributed by atoms with Crippen LogP contribution in [-0.4, -0.2) is 13.1 Å². The minimum Gasteiger partial charge on any atom is -0.466 e. The molecule has 8 heavy (non-hydrogen) atoms. The van der Waals surface area contributed by atoms with Crippen molar-refractivity contribution < 1.29 is 9.53 Å². The Morgan fingerprint density at radius 2 is 2.38 bits per heavy atom. The number of carbonyl (C=O) groups excluding carboxylic acids is 1. The van der Waals surface area contributed by atoms with Crippen LogP contribution >= 0.6 is 15.9 Å². The van der Waals surface area contributed by atoms with Gasteiger partial charge in [0, 0.05) is 10.9 Å². The van der Waals surface area contributed by atoms with Crippen LogP contribution in [-0.2, 0) is 9.53 Å². The molecule has 0 aliphatic heterocycles. The minimum absolute atomic E-state index is 0.211. The first-order valence-electron chi connectivity index (χ1n) is 2.21. The maximum Gasteiger partial charge on any atom is 0.334 e. The molecule has 1 aliphatic rings. The normalized spacial score (nSPS) is 16.2. The van der Waals surface area contributed by atoms with Crippen LogP contribution in [0.2, 0.25) is 0 Å². The molecule has 0 fully saturated rings. The van der Waals surface area contributed by atoms with E-state index in [0.29, 0.717) is 0 Å². The summed E-state index contributed by atoms with van der Waals surface area (Å²) in [6, 6.07) is 0. The number of hydrogen-bond donors (Lipinski definition) is 0. The highest BCUT2D eigenvalue weighted by molar-refractivity contribution is 9.12. The van der Waals surface area contributed by atoms with Crippen molar-refractivity contribution in [3.8, 4) is 0 Å². The number of hydrogen-bond acceptors (Lipinski definition) is 2. The van der Waals surface area contributed by atoms with Gasteiger partial charge in [0.25, 0.3) is 0 Å². The fourth-order valence-electron chi connectivity index (χ4n) is 0.417. The minimum atomic E-state index is -0.211. The molecule has 44 valence electrons. The van der Waals surface area contributed by atoms with Gasteiger partial charge in [-0.15, -0.1) is 0 Å². The lowest BCUT2D eigenvalue weighted by molar-refractivity contribution is -0.135. The summed E-state index contributed by atoms with van der Waals surface area (Å²) in [5.41, 5.74) is 0.771. The van der Waals surface area contributed by atoms with Gasteiger partial charge in [-0.1, -0.05) is 15.9 Å². The third-order valence-electron chi connectivity index (χ3n) is 0.966. The zero-order valence-corrected chi connectivity index (χ0v) is 5.99. The lowest BCUT2D eigenvalue weighted by Gasteiger charge is -1.86. The molecule has 0 radical (unpaired) electrons. The number of methoxy groups -OCH3 is 1. The fourth-order valence-corrected chi connectivity index (χ4v) is 0.859. The second-order valence-corrected chi connectivity index (χ2v) is 2.51. The molecule has 1 aliphatic carbocycles. The van der Waals surface area contributed by atoms with Crippen LogP contribution in [0.3, 0.4) is 0 Å². The summed E-state index contributed by atoms with van der Waals surface area (Å²) in [5.74, 6) is -0.211. The number of esters is 1. The molecule has 0 bridgehead atoms. The van der Waals surface area contributed by atoms with E-state index in [2.05, 4.69) is 20.7 Å². The zero-order chi connectivity index (χ0) is 6.15. The Balaban J connectivity index is 2.51. The molecule has 0 saturated heterocycles. The first-order valence-corrected chi connectivity index (χ1v) is 3.01. The van der Waals surface area contributed by atoms with Crippen LogP contribution in [0.1, 0.15) is 6.42 Å². The Labute approximate surface area is 55.6 Å². The van der Waals surface area contributed by atoms with E-state index in [9.17, 15) is 4.79 Å². The highest BCUT2D eigenvalue weighted by Crippen LogP contribution is 2.36. The Morgan fingerprint density at radius 3 is 2.50 bits per heavy atom. The van der Waals surface area contributed by atoms with E-state index >= 15 is 0 Å². The predicted octanol–water partition coefficient (Wildman–Crippen LogP) is 1.21. The van der Waals surface area contributed by atoms with Gasteiger partial charge in [0.15, 0.2) is 0 Å². The number of allylic oxidation sites excluding steroid dienone is 1. The average Bonchev–Trinajstić information content (AvgIpc) is 2.45. The second-order valence-electron chi connectivity index (χ2n) is 1.55. The van der Waals surface area contributed by atoms with Gasteiger partial charge in [-0.2, -0.15) is 0 Å². The summed E-state index contributed by atoms with van der Waals surface area (Å²) in [5, 5.41) is 0. The largest absolute Gasteiger partial charge is 0.466 e. The van der Waals surface area contributed by atoms with Crippen LogP contribution in [0, 0.1) is 0 Å². The highest BCUT2D eigenvalue weighted by Gasteiger charge is 2.26. The first-order chi connectivity index (χ1) is 3.75. The van der Waals surface area contributed by atoms with E-state index in [0.717, 1.165) is 16.5 Å². The SMILES string of the molecule is COC(=O)C1=C(Br)C1. The maximum atomic E-state index is 10.5. The molecule has 0 N–H and O–H groups in total. The van der Waals surface area contributed by atoms with Gasteiger partial charge in [0.1, 0.15) is 0 Å². The Kier molecular flexibility index (Phi) is 1.38. The van der Waals surface area contributed by atoms with Crippen molar-refractivity contribution in [2.75, 3.05) is 7.11 Å². The highest BCUT2D eigenvalue weighted by atomic mass is 79.9. The molecule has 0 aromatic rings. The summed E-state index contributed by atoms with van der Waals surface area (Å²) in [4.78, 5) is 10.5. The molecule has 0 aromatic heterocycles. The average molecular weight is 177 g/mol. The van der Waals surface area contributed by atoms with Gasteiger partial charge >= 0.3 is 5.97 Å². The van der Waals surface area contributed by atoms with Crippen LogP contribution in [0.5, 0.6) is 0 Å². The van der Waals surface area contributed by atoms with E-state index in [-0.39, 0.29) is 5.97 Å². The summed E-state index contributed by atoms with van der Waals surface area (Å²) < 4.78 is 5.39. The monoisotopic (exact) mass is 176 g/mol. The fraction of sp³-hybridized carbons (Fsp3) is 0.400. The van der Waals surface area contributed by atoms with Gasteiger partial charge < -0.3 is 4.74 Å². The molecular formula is C5H5BrO2. The summed E-state index contributed by atoms with van der Waals surface area (Å²) >= 11 is 3.17. The topological polar surface area (TPSA) is 26.3 Å². The van der Waals surface area contributed by atoms with Crippen molar-refractivity contribution in [2.45, 2.75) is 6.42 Å². The van der Waals surface area contributed by atoms with E-state index in [1.165, 1.54) is 7.11 Å². The molecule has 0 unspecified atom stereocenters. The molecule has 0 spiro atoms. The van der Waals surface area contributed by atoms with Crippen molar-refractivity contribution in [3.05, 3.63) is 10.1 Å². The van der Waals surface area contributed by atoms with Gasteiger partial charge in [-0.05, 0) is 0 Å². The summed E-state index contributed by atoms with van der Waals surface area (Å²) in [6.45, 7) is 0. The molecule has 1 rings (SSSR count). The first kappa shape index (κ1) is 5.82. The Bertz CT molecular complexity index is 160. The number of ether oxygens (including phenoxy) is 1. The van der Waals surface area contributed by atoms with Crippen molar-refractivity contribution in [2.24, 2.45) is 0 Å². The van der Waals surface area contributed by atoms with Crippen LogP contribution < -0.4 is 0 Å². The molecule has 2 nitrogen and oxygen atoms in total. The molecule has 3 heteroatoms. The Hall–Kier alpha value is -0.310. The molecule has 0 atom stereocenters. The van der Waals surface area contributed by atoms with Crippen molar-refractivity contribution in [1.29, 1.82) is 0 Å². The van der Waals surface area contributed by atoms with E-state index in [1.807, 2.05) is 0 Å². The smallest absolute Gasteiger partial charge is 0.334 e. The van der Waals surface area contributed by atoms with Crippen LogP contribution in [0.25, 0.3) is 0 Å². The van der Waals surface area contributed by atoms with Crippen LogP contribution in [0.15, 0.2) is 10.1 Å². The van der Waals surface area contributed by atoms with Crippen molar-refractivity contribution in [1.82, 2.24) is 0 Å². The second kappa shape index (κ2) is 1.90. The van der Waals surface area contributed by atoms with Crippen molar-refractivity contribution >= 4 is 21.9 Å². The lowest BCUT2D eigenvalue weighted by atomic mass is 10.5. The number of carbonyl (C=O) groups is 1. The number of halogens is 1. The van der Waals surface area contributed by atoms with E-state index < -0.39 is 0 Å². The Morgan fingerprint density at radius 1 is 1.88 bits per heavy atom. The molecule has 0 amide bonds. The standard InChI is InChI=1S/C5H5BrO2/c1-8-5(7)3-2-4(3)6/h2H2,1H3. The molecule has 0 aromatic carbocycles. The third kappa shape index (κ3) is 0.916. The maximum absolute atomic E-state index is 10.5. The van der Waals surface area contributed by atoms with E-state index in [4.69, 9.17) is 0 Å². The molecular weight excluding hydrogens is 172 g/mol. The quantitative estimate of drug-likeness (QED) is 0.562. The molecule has 0 saturated carbocycles. The van der Waals surface area contributed by atoms with Gasteiger partial charge in [-0.3, -0.25) is 0 Å². The van der Waals surface area contributed by atoms with Gasteiger partial charge in [-0.25, -0.2) is 4.79 Å². The summed E-state index contributed by atoms with van der Waals surface area (Å²) in [6.07, 6.45) is 0.771.